The van der Waals surface area contributed by atoms with E-state index in [0.29, 0.717) is 17.9 Å². The van der Waals surface area contributed by atoms with Crippen LogP contribution in [0.3, 0.4) is 0 Å². The molecular weight excluding hydrogens is 323 g/mol. The zero-order chi connectivity index (χ0) is 17.7. The fraction of sp³-hybridized carbons (Fsp3) is 0.400. The third-order valence-corrected chi connectivity index (χ3v) is 3.51. The Morgan fingerprint density at radius 2 is 2.12 bits per heavy atom. The number of benzene rings is 1. The van der Waals surface area contributed by atoms with Crippen LogP contribution in [-0.2, 0) is 19.3 Å². The monoisotopic (exact) mass is 341 g/mol. The van der Waals surface area contributed by atoms with E-state index in [0.717, 1.165) is 12.1 Å². The highest BCUT2D eigenvalue weighted by molar-refractivity contribution is 5.74. The van der Waals surface area contributed by atoms with Crippen LogP contribution in [0.15, 0.2) is 30.6 Å². The average molecular weight is 341 g/mol. The Bertz CT molecular complexity index is 698. The SMILES string of the molecule is CCn1cnnc1CNC(=O)N[C@H](C)c1cccc(C(F)(F)F)c1. The van der Waals surface area contributed by atoms with E-state index in [1.165, 1.54) is 12.1 Å². The summed E-state index contributed by atoms with van der Waals surface area (Å²) in [6.45, 7) is 4.38. The van der Waals surface area contributed by atoms with Crippen molar-refractivity contribution >= 4 is 6.03 Å². The van der Waals surface area contributed by atoms with Gasteiger partial charge in [-0.05, 0) is 31.5 Å². The van der Waals surface area contributed by atoms with Crippen LogP contribution in [0.5, 0.6) is 0 Å². The number of hydrogen-bond donors (Lipinski definition) is 2. The van der Waals surface area contributed by atoms with E-state index in [2.05, 4.69) is 20.8 Å². The second-order valence-corrected chi connectivity index (χ2v) is 5.21. The summed E-state index contributed by atoms with van der Waals surface area (Å²) in [6.07, 6.45) is -2.86. The number of carbonyl (C=O) groups is 1. The predicted molar refractivity (Wildman–Crippen MR) is 80.9 cm³/mol. The first-order valence-corrected chi connectivity index (χ1v) is 7.39. The Morgan fingerprint density at radius 1 is 1.38 bits per heavy atom. The summed E-state index contributed by atoms with van der Waals surface area (Å²) in [5.74, 6) is 0.597. The lowest BCUT2D eigenvalue weighted by Crippen LogP contribution is -2.37. The van der Waals surface area contributed by atoms with Gasteiger partial charge in [0, 0.05) is 6.54 Å². The molecule has 1 aromatic heterocycles. The smallest absolute Gasteiger partial charge is 0.332 e. The summed E-state index contributed by atoms with van der Waals surface area (Å²) in [4.78, 5) is 11.9. The van der Waals surface area contributed by atoms with Gasteiger partial charge >= 0.3 is 12.2 Å². The molecule has 0 saturated carbocycles. The molecule has 2 aromatic rings. The van der Waals surface area contributed by atoms with Gasteiger partial charge in [-0.1, -0.05) is 12.1 Å². The van der Waals surface area contributed by atoms with E-state index < -0.39 is 23.8 Å². The summed E-state index contributed by atoms with van der Waals surface area (Å²) < 4.78 is 40.0. The fourth-order valence-electron chi connectivity index (χ4n) is 2.15. The number of nitrogens with zero attached hydrogens (tertiary/aromatic N) is 3. The van der Waals surface area contributed by atoms with Crippen LogP contribution in [0.2, 0.25) is 0 Å². The summed E-state index contributed by atoms with van der Waals surface area (Å²) in [5, 5.41) is 12.8. The molecule has 0 aliphatic carbocycles. The molecule has 0 radical (unpaired) electrons. The number of aromatic nitrogens is 3. The normalized spacial score (nSPS) is 12.7. The van der Waals surface area contributed by atoms with Crippen molar-refractivity contribution in [2.45, 2.75) is 39.2 Å². The van der Waals surface area contributed by atoms with Gasteiger partial charge in [0.25, 0.3) is 0 Å². The minimum Gasteiger partial charge on any atom is -0.332 e. The molecule has 1 heterocycles. The molecule has 6 nitrogen and oxygen atoms in total. The molecule has 0 fully saturated rings. The summed E-state index contributed by atoms with van der Waals surface area (Å²) in [5.41, 5.74) is -0.373. The zero-order valence-electron chi connectivity index (χ0n) is 13.3. The van der Waals surface area contributed by atoms with Gasteiger partial charge in [-0.3, -0.25) is 0 Å². The van der Waals surface area contributed by atoms with Gasteiger partial charge in [0.05, 0.1) is 18.2 Å². The third kappa shape index (κ3) is 4.46. The molecule has 0 unspecified atom stereocenters. The first-order chi connectivity index (χ1) is 11.3. The predicted octanol–water partition coefficient (Wildman–Crippen LogP) is 2.88. The molecule has 0 bridgehead atoms. The fourth-order valence-corrected chi connectivity index (χ4v) is 2.15. The van der Waals surface area contributed by atoms with E-state index >= 15 is 0 Å². The van der Waals surface area contributed by atoms with Crippen LogP contribution in [0, 0.1) is 0 Å². The Labute approximate surface area is 137 Å². The molecule has 2 rings (SSSR count). The van der Waals surface area contributed by atoms with Gasteiger partial charge in [-0.25, -0.2) is 4.79 Å². The Hall–Kier alpha value is -2.58. The maximum atomic E-state index is 12.7. The molecule has 130 valence electrons. The molecular formula is C15H18F3N5O. The first kappa shape index (κ1) is 17.8. The average Bonchev–Trinajstić information content (AvgIpc) is 2.99. The van der Waals surface area contributed by atoms with Crippen LogP contribution >= 0.6 is 0 Å². The van der Waals surface area contributed by atoms with Gasteiger partial charge in [0.1, 0.15) is 6.33 Å². The zero-order valence-corrected chi connectivity index (χ0v) is 13.3. The van der Waals surface area contributed by atoms with Crippen molar-refractivity contribution in [3.8, 4) is 0 Å². The van der Waals surface area contributed by atoms with Crippen LogP contribution < -0.4 is 10.6 Å². The van der Waals surface area contributed by atoms with Gasteiger partial charge in [-0.15, -0.1) is 10.2 Å². The van der Waals surface area contributed by atoms with E-state index in [4.69, 9.17) is 0 Å². The molecule has 0 spiro atoms. The minimum absolute atomic E-state index is 0.176. The standard InChI is InChI=1S/C15H18F3N5O/c1-3-23-9-20-22-13(23)8-19-14(24)21-10(2)11-5-4-6-12(7-11)15(16,17)18/h4-7,9-10H,3,8H2,1-2H3,(H2,19,21,24)/t10-/m1/s1. The lowest BCUT2D eigenvalue weighted by Gasteiger charge is -2.16. The molecule has 1 atom stereocenters. The molecule has 0 aliphatic rings. The summed E-state index contributed by atoms with van der Waals surface area (Å²) >= 11 is 0. The quantitative estimate of drug-likeness (QED) is 0.878. The van der Waals surface area contributed by atoms with Crippen molar-refractivity contribution in [2.24, 2.45) is 0 Å². The minimum atomic E-state index is -4.41. The molecule has 2 amide bonds. The topological polar surface area (TPSA) is 71.8 Å². The number of halogens is 3. The third-order valence-electron chi connectivity index (χ3n) is 3.51. The van der Waals surface area contributed by atoms with Crippen molar-refractivity contribution in [2.75, 3.05) is 0 Å². The number of hydrogen-bond acceptors (Lipinski definition) is 3. The van der Waals surface area contributed by atoms with Gasteiger partial charge in [0.15, 0.2) is 5.82 Å². The van der Waals surface area contributed by atoms with Gasteiger partial charge < -0.3 is 15.2 Å². The van der Waals surface area contributed by atoms with Crippen molar-refractivity contribution in [1.82, 2.24) is 25.4 Å². The first-order valence-electron chi connectivity index (χ1n) is 7.39. The van der Waals surface area contributed by atoms with Gasteiger partial charge in [-0.2, -0.15) is 13.2 Å². The van der Waals surface area contributed by atoms with E-state index in [9.17, 15) is 18.0 Å². The molecule has 0 aliphatic heterocycles. The van der Waals surface area contributed by atoms with Gasteiger partial charge in [0.2, 0.25) is 0 Å². The van der Waals surface area contributed by atoms with Crippen LogP contribution in [0.25, 0.3) is 0 Å². The van der Waals surface area contributed by atoms with Crippen molar-refractivity contribution in [3.05, 3.63) is 47.5 Å². The van der Waals surface area contributed by atoms with Crippen molar-refractivity contribution in [1.29, 1.82) is 0 Å². The number of rotatable bonds is 5. The second-order valence-electron chi connectivity index (χ2n) is 5.21. The highest BCUT2D eigenvalue weighted by Gasteiger charge is 2.30. The summed E-state index contributed by atoms with van der Waals surface area (Å²) in [7, 11) is 0. The largest absolute Gasteiger partial charge is 0.416 e. The summed E-state index contributed by atoms with van der Waals surface area (Å²) in [6, 6.07) is 3.81. The Balaban J connectivity index is 1.94. The Morgan fingerprint density at radius 3 is 2.79 bits per heavy atom. The van der Waals surface area contributed by atoms with Crippen molar-refractivity contribution < 1.29 is 18.0 Å². The number of alkyl halides is 3. The highest BCUT2D eigenvalue weighted by atomic mass is 19.4. The van der Waals surface area contributed by atoms with E-state index in [1.807, 2.05) is 6.92 Å². The maximum absolute atomic E-state index is 12.7. The Kier molecular flexibility index (Phi) is 5.42. The number of carbonyl (C=O) groups excluding carboxylic acids is 1. The second kappa shape index (κ2) is 7.33. The number of amides is 2. The molecule has 2 N–H and O–H groups in total. The number of aryl methyl sites for hydroxylation is 1. The lowest BCUT2D eigenvalue weighted by atomic mass is 10.1. The van der Waals surface area contributed by atoms with Crippen LogP contribution in [-0.4, -0.2) is 20.8 Å². The molecule has 0 saturated heterocycles. The highest BCUT2D eigenvalue weighted by Crippen LogP contribution is 2.30. The number of nitrogens with one attached hydrogen (secondary N) is 2. The molecule has 1 aromatic carbocycles. The van der Waals surface area contributed by atoms with E-state index in [1.54, 1.807) is 17.8 Å². The lowest BCUT2D eigenvalue weighted by molar-refractivity contribution is -0.137. The van der Waals surface area contributed by atoms with Crippen LogP contribution in [0.1, 0.15) is 36.8 Å². The molecule has 24 heavy (non-hydrogen) atoms. The van der Waals surface area contributed by atoms with E-state index in [-0.39, 0.29) is 6.54 Å². The van der Waals surface area contributed by atoms with Crippen LogP contribution in [0.4, 0.5) is 18.0 Å². The number of urea groups is 1. The maximum Gasteiger partial charge on any atom is 0.416 e. The molecule has 9 heteroatoms. The van der Waals surface area contributed by atoms with Crippen molar-refractivity contribution in [3.63, 3.8) is 0 Å².